The van der Waals surface area contributed by atoms with Gasteiger partial charge in [0.1, 0.15) is 5.82 Å². The molecule has 0 aliphatic carbocycles. The highest BCUT2D eigenvalue weighted by Crippen LogP contribution is 2.37. The summed E-state index contributed by atoms with van der Waals surface area (Å²) in [7, 11) is 0. The second-order valence-corrected chi connectivity index (χ2v) is 6.89. The SMILES string of the molecule is Fc1cccc([C@@H]2NCCC[C@@H]2OCc2cc(C(F)(F)F)cc(C(F)(F)F)c2)c1. The van der Waals surface area contributed by atoms with Crippen molar-refractivity contribution in [3.63, 3.8) is 0 Å². The molecule has 1 saturated heterocycles. The van der Waals surface area contributed by atoms with Gasteiger partial charge in [0.2, 0.25) is 0 Å². The lowest BCUT2D eigenvalue weighted by Gasteiger charge is -2.33. The van der Waals surface area contributed by atoms with Gasteiger partial charge in [0.15, 0.2) is 0 Å². The lowest BCUT2D eigenvalue weighted by Crippen LogP contribution is -2.39. The molecule has 2 aromatic rings. The highest BCUT2D eigenvalue weighted by Gasteiger charge is 2.37. The highest BCUT2D eigenvalue weighted by molar-refractivity contribution is 5.33. The molecular weight excluding hydrogens is 403 g/mol. The first-order valence-corrected chi connectivity index (χ1v) is 8.93. The third-order valence-corrected chi connectivity index (χ3v) is 4.72. The number of rotatable bonds is 4. The molecule has 2 aromatic carbocycles. The zero-order valence-electron chi connectivity index (χ0n) is 15.1. The molecule has 0 amide bonds. The number of alkyl halides is 6. The number of hydrogen-bond donors (Lipinski definition) is 1. The van der Waals surface area contributed by atoms with E-state index >= 15 is 0 Å². The topological polar surface area (TPSA) is 21.3 Å². The van der Waals surface area contributed by atoms with Crippen LogP contribution in [0.15, 0.2) is 42.5 Å². The maximum absolute atomic E-state index is 13.5. The molecule has 0 unspecified atom stereocenters. The second-order valence-electron chi connectivity index (χ2n) is 6.89. The maximum atomic E-state index is 13.5. The van der Waals surface area contributed by atoms with Gasteiger partial charge in [-0.1, -0.05) is 12.1 Å². The van der Waals surface area contributed by atoms with Crippen molar-refractivity contribution in [2.24, 2.45) is 0 Å². The van der Waals surface area contributed by atoms with E-state index in [0.717, 1.165) is 0 Å². The van der Waals surface area contributed by atoms with Gasteiger partial charge in [0, 0.05) is 0 Å². The van der Waals surface area contributed by atoms with Crippen LogP contribution in [0.25, 0.3) is 0 Å². The first-order valence-electron chi connectivity index (χ1n) is 8.93. The molecule has 158 valence electrons. The number of benzene rings is 2. The Hall–Kier alpha value is -2.13. The summed E-state index contributed by atoms with van der Waals surface area (Å²) in [6.07, 6.45) is -9.08. The average Bonchev–Trinajstić information content (AvgIpc) is 2.65. The van der Waals surface area contributed by atoms with E-state index < -0.39 is 48.0 Å². The molecule has 9 heteroatoms. The van der Waals surface area contributed by atoms with Crippen molar-refractivity contribution in [1.29, 1.82) is 0 Å². The van der Waals surface area contributed by atoms with Crippen LogP contribution < -0.4 is 5.32 Å². The molecule has 1 aliphatic rings. The van der Waals surface area contributed by atoms with Gasteiger partial charge in [0.25, 0.3) is 0 Å². The minimum atomic E-state index is -4.91. The van der Waals surface area contributed by atoms with E-state index in [1.54, 1.807) is 6.07 Å². The Balaban J connectivity index is 1.82. The number of ether oxygens (including phenoxy) is 1. The minimum absolute atomic E-state index is 0.0845. The summed E-state index contributed by atoms with van der Waals surface area (Å²) in [5, 5.41) is 3.17. The largest absolute Gasteiger partial charge is 0.416 e. The van der Waals surface area contributed by atoms with Crippen LogP contribution in [0.4, 0.5) is 30.7 Å². The van der Waals surface area contributed by atoms with Crippen LogP contribution in [0.5, 0.6) is 0 Å². The van der Waals surface area contributed by atoms with Crippen LogP contribution in [0, 0.1) is 5.82 Å². The molecule has 1 heterocycles. The highest BCUT2D eigenvalue weighted by atomic mass is 19.4. The molecule has 1 N–H and O–H groups in total. The van der Waals surface area contributed by atoms with E-state index in [1.165, 1.54) is 18.2 Å². The Labute approximate surface area is 162 Å². The van der Waals surface area contributed by atoms with Gasteiger partial charge >= 0.3 is 12.4 Å². The second kappa shape index (κ2) is 8.31. The molecule has 0 aromatic heterocycles. The Bertz CT molecular complexity index is 815. The molecule has 0 bridgehead atoms. The first-order chi connectivity index (χ1) is 13.5. The zero-order chi connectivity index (χ0) is 21.2. The molecule has 1 aliphatic heterocycles. The zero-order valence-corrected chi connectivity index (χ0v) is 15.1. The average molecular weight is 421 g/mol. The monoisotopic (exact) mass is 421 g/mol. The lowest BCUT2D eigenvalue weighted by atomic mass is 9.94. The summed E-state index contributed by atoms with van der Waals surface area (Å²) in [5.41, 5.74) is -2.38. The van der Waals surface area contributed by atoms with E-state index in [-0.39, 0.29) is 11.6 Å². The van der Waals surface area contributed by atoms with Crippen LogP contribution in [-0.4, -0.2) is 12.6 Å². The van der Waals surface area contributed by atoms with Crippen molar-refractivity contribution >= 4 is 0 Å². The van der Waals surface area contributed by atoms with Gasteiger partial charge < -0.3 is 10.1 Å². The van der Waals surface area contributed by atoms with Gasteiger partial charge in [-0.15, -0.1) is 0 Å². The van der Waals surface area contributed by atoms with Crippen LogP contribution in [-0.2, 0) is 23.7 Å². The van der Waals surface area contributed by atoms with E-state index in [9.17, 15) is 30.7 Å². The third-order valence-electron chi connectivity index (χ3n) is 4.72. The number of halogens is 7. The fraction of sp³-hybridized carbons (Fsp3) is 0.400. The smallest absolute Gasteiger partial charge is 0.372 e. The van der Waals surface area contributed by atoms with E-state index in [4.69, 9.17) is 4.74 Å². The van der Waals surface area contributed by atoms with Crippen LogP contribution in [0.1, 0.15) is 41.1 Å². The van der Waals surface area contributed by atoms with Gasteiger partial charge in [-0.05, 0) is 60.8 Å². The number of nitrogens with one attached hydrogen (secondary N) is 1. The summed E-state index contributed by atoms with van der Waals surface area (Å²) >= 11 is 0. The summed E-state index contributed by atoms with van der Waals surface area (Å²) in [4.78, 5) is 0. The number of piperidine rings is 1. The molecule has 0 spiro atoms. The van der Waals surface area contributed by atoms with Crippen molar-refractivity contribution in [2.75, 3.05) is 6.54 Å². The van der Waals surface area contributed by atoms with Crippen molar-refractivity contribution < 1.29 is 35.5 Å². The molecule has 1 fully saturated rings. The predicted octanol–water partition coefficient (Wildman–Crippen LogP) is 5.87. The molecule has 0 radical (unpaired) electrons. The molecule has 2 atom stereocenters. The van der Waals surface area contributed by atoms with Gasteiger partial charge in [-0.2, -0.15) is 26.3 Å². The van der Waals surface area contributed by atoms with Crippen molar-refractivity contribution in [2.45, 2.75) is 43.9 Å². The molecule has 3 rings (SSSR count). The fourth-order valence-corrected chi connectivity index (χ4v) is 3.38. The normalized spacial score (nSPS) is 20.7. The molecule has 0 saturated carbocycles. The number of hydrogen-bond acceptors (Lipinski definition) is 2. The Morgan fingerprint density at radius 1 is 0.931 bits per heavy atom. The standard InChI is InChI=1S/C20H18F7NO/c21-16-4-1-3-13(9-16)18-17(5-2-6-28-18)29-11-12-7-14(19(22,23)24)10-15(8-12)20(25,26)27/h1,3-4,7-10,17-18,28H,2,5-6,11H2/t17-,18-/m0/s1. The summed E-state index contributed by atoms with van der Waals surface area (Å²) < 4.78 is 97.2. The van der Waals surface area contributed by atoms with Gasteiger partial charge in [0.05, 0.1) is 29.9 Å². The third kappa shape index (κ3) is 5.48. The van der Waals surface area contributed by atoms with E-state index in [2.05, 4.69) is 5.32 Å². The lowest BCUT2D eigenvalue weighted by molar-refractivity contribution is -0.143. The maximum Gasteiger partial charge on any atom is 0.416 e. The summed E-state index contributed by atoms with van der Waals surface area (Å²) in [6.45, 7) is 0.216. The molecule has 2 nitrogen and oxygen atoms in total. The van der Waals surface area contributed by atoms with Crippen molar-refractivity contribution in [3.8, 4) is 0 Å². The van der Waals surface area contributed by atoms with Gasteiger partial charge in [-0.3, -0.25) is 0 Å². The van der Waals surface area contributed by atoms with Gasteiger partial charge in [-0.25, -0.2) is 4.39 Å². The van der Waals surface area contributed by atoms with Crippen LogP contribution in [0.3, 0.4) is 0 Å². The summed E-state index contributed by atoms with van der Waals surface area (Å²) in [6, 6.07) is 6.81. The van der Waals surface area contributed by atoms with Crippen molar-refractivity contribution in [3.05, 3.63) is 70.5 Å². The molecular formula is C20H18F7NO. The Morgan fingerprint density at radius 2 is 1.59 bits per heavy atom. The van der Waals surface area contributed by atoms with E-state index in [1.807, 2.05) is 0 Å². The minimum Gasteiger partial charge on any atom is -0.372 e. The quantitative estimate of drug-likeness (QED) is 0.624. The predicted molar refractivity (Wildman–Crippen MR) is 91.4 cm³/mol. The Kier molecular flexibility index (Phi) is 6.19. The Morgan fingerprint density at radius 3 is 2.17 bits per heavy atom. The van der Waals surface area contributed by atoms with E-state index in [0.29, 0.717) is 37.1 Å². The van der Waals surface area contributed by atoms with Crippen molar-refractivity contribution in [1.82, 2.24) is 5.32 Å². The van der Waals surface area contributed by atoms with Crippen LogP contribution >= 0.6 is 0 Å². The van der Waals surface area contributed by atoms with Crippen LogP contribution in [0.2, 0.25) is 0 Å². The summed E-state index contributed by atoms with van der Waals surface area (Å²) in [5.74, 6) is -0.443. The first kappa shape index (κ1) is 21.6. The fourth-order valence-electron chi connectivity index (χ4n) is 3.38. The molecule has 29 heavy (non-hydrogen) atoms.